The van der Waals surface area contributed by atoms with Gasteiger partial charge in [-0.2, -0.15) is 18.4 Å². The summed E-state index contributed by atoms with van der Waals surface area (Å²) in [7, 11) is -4.06. The Kier molecular flexibility index (Phi) is 6.88. The maximum absolute atomic E-state index is 13.5. The van der Waals surface area contributed by atoms with Crippen LogP contribution in [0.3, 0.4) is 0 Å². The quantitative estimate of drug-likeness (QED) is 0.421. The van der Waals surface area contributed by atoms with E-state index in [2.05, 4.69) is 5.32 Å². The maximum atomic E-state index is 13.5. The number of urea groups is 1. The van der Waals surface area contributed by atoms with Gasteiger partial charge < -0.3 is 10.2 Å². The van der Waals surface area contributed by atoms with Crippen LogP contribution in [0, 0.1) is 11.3 Å². The maximum Gasteiger partial charge on any atom is 0.417 e. The van der Waals surface area contributed by atoms with Gasteiger partial charge in [-0.15, -0.1) is 0 Å². The van der Waals surface area contributed by atoms with E-state index in [1.54, 1.807) is 30.3 Å². The number of sulfonamides is 1. The van der Waals surface area contributed by atoms with Crippen molar-refractivity contribution in [3.63, 3.8) is 0 Å². The lowest BCUT2D eigenvalue weighted by atomic mass is 10.0. The van der Waals surface area contributed by atoms with Gasteiger partial charge in [-0.25, -0.2) is 23.3 Å². The number of rotatable bonds is 6. The molecule has 1 heterocycles. The number of nitrogens with two attached hydrogens (primary N) is 1. The third-order valence-electron chi connectivity index (χ3n) is 6.32. The number of anilines is 3. The van der Waals surface area contributed by atoms with Gasteiger partial charge in [0.1, 0.15) is 10.4 Å². The number of primary sulfonamides is 1. The number of hydrogen-bond donors (Lipinski definition) is 2. The molecule has 0 unspecified atom stereocenters. The fourth-order valence-electron chi connectivity index (χ4n) is 4.25. The number of halogens is 3. The average Bonchev–Trinajstić information content (AvgIpc) is 3.03. The monoisotopic (exact) mass is 557 g/mol. The molecular formula is C26H22F3N5O4S. The lowest BCUT2D eigenvalue weighted by Crippen LogP contribution is -2.43. The number of para-hydroxylation sites is 2. The summed E-state index contributed by atoms with van der Waals surface area (Å²) in [4.78, 5) is 28.5. The summed E-state index contributed by atoms with van der Waals surface area (Å²) >= 11 is 0. The number of carbonyl (C=O) groups is 2. The molecule has 202 valence electrons. The van der Waals surface area contributed by atoms with Gasteiger partial charge in [0, 0.05) is 5.69 Å². The number of hydrogen-bond acceptors (Lipinski definition) is 6. The minimum absolute atomic E-state index is 0.142. The van der Waals surface area contributed by atoms with E-state index in [4.69, 9.17) is 10.4 Å². The van der Waals surface area contributed by atoms with Crippen LogP contribution in [0.1, 0.15) is 30.5 Å². The van der Waals surface area contributed by atoms with Crippen LogP contribution in [0.2, 0.25) is 0 Å². The molecular weight excluding hydrogens is 535 g/mol. The predicted molar refractivity (Wildman–Crippen MR) is 136 cm³/mol. The Morgan fingerprint density at radius 2 is 1.62 bits per heavy atom. The first-order chi connectivity index (χ1) is 18.2. The van der Waals surface area contributed by atoms with Crippen molar-refractivity contribution in [2.75, 3.05) is 10.2 Å². The van der Waals surface area contributed by atoms with E-state index in [0.717, 1.165) is 12.1 Å². The first-order valence-electron chi connectivity index (χ1n) is 11.4. The van der Waals surface area contributed by atoms with Crippen LogP contribution in [-0.2, 0) is 27.5 Å². The van der Waals surface area contributed by atoms with E-state index in [-0.39, 0.29) is 22.8 Å². The van der Waals surface area contributed by atoms with Crippen molar-refractivity contribution >= 4 is 39.0 Å². The van der Waals surface area contributed by atoms with Gasteiger partial charge >= 0.3 is 12.2 Å². The SMILES string of the molecule is CC1(C)C(=O)N(c2ccc(C#N)c(C(F)(F)F)c2)C(=O)N1Cc1ccccc1Nc1ccccc1S(N)(=O)=O. The molecule has 9 nitrogen and oxygen atoms in total. The first kappa shape index (κ1) is 27.6. The van der Waals surface area contributed by atoms with Crippen molar-refractivity contribution in [3.8, 4) is 6.07 Å². The molecule has 3 aromatic carbocycles. The first-order valence-corrected chi connectivity index (χ1v) is 12.9. The molecule has 0 atom stereocenters. The van der Waals surface area contributed by atoms with Crippen molar-refractivity contribution in [1.82, 2.24) is 4.90 Å². The highest BCUT2D eigenvalue weighted by Gasteiger charge is 2.52. The summed E-state index contributed by atoms with van der Waals surface area (Å²) in [5.41, 5.74) is -2.57. The van der Waals surface area contributed by atoms with Crippen molar-refractivity contribution in [2.24, 2.45) is 5.14 Å². The number of benzene rings is 3. The van der Waals surface area contributed by atoms with Crippen molar-refractivity contribution in [1.29, 1.82) is 5.26 Å². The molecule has 4 rings (SSSR count). The zero-order valence-electron chi connectivity index (χ0n) is 20.7. The third-order valence-corrected chi connectivity index (χ3v) is 7.29. The molecule has 13 heteroatoms. The Hall–Kier alpha value is -4.41. The van der Waals surface area contributed by atoms with Crippen LogP contribution in [0.25, 0.3) is 0 Å². The Morgan fingerprint density at radius 1 is 1.00 bits per heavy atom. The van der Waals surface area contributed by atoms with Gasteiger partial charge in [0.15, 0.2) is 0 Å². The summed E-state index contributed by atoms with van der Waals surface area (Å²) in [5.74, 6) is -0.754. The van der Waals surface area contributed by atoms with Gasteiger partial charge in [-0.05, 0) is 55.8 Å². The van der Waals surface area contributed by atoms with Crippen LogP contribution in [0.5, 0.6) is 0 Å². The summed E-state index contributed by atoms with van der Waals surface area (Å²) in [5, 5.41) is 17.4. The lowest BCUT2D eigenvalue weighted by molar-refractivity contribution is -0.137. The van der Waals surface area contributed by atoms with Gasteiger partial charge in [0.2, 0.25) is 10.0 Å². The molecule has 1 fully saturated rings. The molecule has 1 aliphatic rings. The third kappa shape index (κ3) is 5.16. The highest BCUT2D eigenvalue weighted by molar-refractivity contribution is 7.89. The Bertz CT molecular complexity index is 1630. The second-order valence-electron chi connectivity index (χ2n) is 9.23. The minimum atomic E-state index is -4.87. The summed E-state index contributed by atoms with van der Waals surface area (Å²) in [6.07, 6.45) is -4.87. The molecule has 0 spiro atoms. The van der Waals surface area contributed by atoms with E-state index in [9.17, 15) is 31.2 Å². The largest absolute Gasteiger partial charge is 0.417 e. The van der Waals surface area contributed by atoms with E-state index in [1.807, 2.05) is 0 Å². The number of amides is 3. The van der Waals surface area contributed by atoms with E-state index < -0.39 is 44.8 Å². The van der Waals surface area contributed by atoms with Gasteiger partial charge in [-0.1, -0.05) is 30.3 Å². The molecule has 0 radical (unpaired) electrons. The van der Waals surface area contributed by atoms with Crippen LogP contribution in [0.4, 0.5) is 35.0 Å². The van der Waals surface area contributed by atoms with Crippen LogP contribution < -0.4 is 15.4 Å². The number of alkyl halides is 3. The zero-order valence-corrected chi connectivity index (χ0v) is 21.5. The fourth-order valence-corrected chi connectivity index (χ4v) is 4.94. The molecule has 3 aromatic rings. The number of carbonyl (C=O) groups excluding carboxylic acids is 2. The average molecular weight is 558 g/mol. The highest BCUT2D eigenvalue weighted by atomic mass is 32.2. The molecule has 1 saturated heterocycles. The van der Waals surface area contributed by atoms with E-state index in [1.165, 1.54) is 43.0 Å². The van der Waals surface area contributed by atoms with E-state index in [0.29, 0.717) is 22.2 Å². The molecule has 3 amide bonds. The zero-order chi connectivity index (χ0) is 28.8. The Morgan fingerprint density at radius 3 is 2.23 bits per heavy atom. The molecule has 0 saturated carbocycles. The molecule has 0 aromatic heterocycles. The molecule has 0 aliphatic carbocycles. The van der Waals surface area contributed by atoms with Gasteiger partial charge in [0.25, 0.3) is 5.91 Å². The number of nitrogens with one attached hydrogen (secondary N) is 1. The summed E-state index contributed by atoms with van der Waals surface area (Å²) in [6, 6.07) is 15.8. The Balaban J connectivity index is 1.71. The summed E-state index contributed by atoms with van der Waals surface area (Å²) < 4.78 is 64.7. The second kappa shape index (κ2) is 9.72. The van der Waals surface area contributed by atoms with E-state index >= 15 is 0 Å². The fraction of sp³-hybridized carbons (Fsp3) is 0.192. The normalized spacial score (nSPS) is 15.4. The summed E-state index contributed by atoms with van der Waals surface area (Å²) in [6.45, 7) is 2.79. The van der Waals surface area contributed by atoms with Crippen molar-refractivity contribution in [3.05, 3.63) is 83.4 Å². The minimum Gasteiger partial charge on any atom is -0.354 e. The number of nitrogens with zero attached hydrogens (tertiary/aromatic N) is 3. The predicted octanol–water partition coefficient (Wildman–Crippen LogP) is 4.72. The van der Waals surface area contributed by atoms with Crippen LogP contribution in [0.15, 0.2) is 71.6 Å². The second-order valence-corrected chi connectivity index (χ2v) is 10.8. The Labute approximate surface area is 222 Å². The number of nitriles is 1. The van der Waals surface area contributed by atoms with Gasteiger partial charge in [-0.3, -0.25) is 4.79 Å². The van der Waals surface area contributed by atoms with Crippen molar-refractivity contribution < 1.29 is 31.2 Å². The smallest absolute Gasteiger partial charge is 0.354 e. The topological polar surface area (TPSA) is 137 Å². The van der Waals surface area contributed by atoms with Crippen LogP contribution in [-0.4, -0.2) is 30.8 Å². The molecule has 0 bridgehead atoms. The molecule has 1 aliphatic heterocycles. The van der Waals surface area contributed by atoms with Gasteiger partial charge in [0.05, 0.1) is 35.1 Å². The molecule has 39 heavy (non-hydrogen) atoms. The highest BCUT2D eigenvalue weighted by Crippen LogP contribution is 2.39. The van der Waals surface area contributed by atoms with Crippen LogP contribution >= 0.6 is 0 Å². The standard InChI is InChI=1S/C26H22F3N5O4S/c1-25(2)23(35)34(18-12-11-16(14-30)19(13-18)26(27,28)29)24(36)33(25)15-17-7-3-4-8-20(17)32-21-9-5-6-10-22(21)39(31,37)38/h3-13,32H,15H2,1-2H3,(H2,31,37,38). The molecule has 3 N–H and O–H groups in total. The lowest BCUT2D eigenvalue weighted by Gasteiger charge is -2.28. The number of imide groups is 1. The van der Waals surface area contributed by atoms with Crippen molar-refractivity contribution in [2.45, 2.75) is 37.0 Å².